The number of nitrogens with zero attached hydrogens (tertiary/aromatic N) is 1. The van der Waals surface area contributed by atoms with Gasteiger partial charge in [-0.1, -0.05) is 54.8 Å². The number of aromatic nitrogens is 1. The van der Waals surface area contributed by atoms with Crippen LogP contribution in [0.3, 0.4) is 0 Å². The van der Waals surface area contributed by atoms with Crippen LogP contribution in [0.1, 0.15) is 29.5 Å². The van der Waals surface area contributed by atoms with Crippen molar-refractivity contribution in [3.8, 4) is 23.5 Å². The number of halogens is 1. The smallest absolute Gasteiger partial charge is 0.251 e. The molecule has 0 radical (unpaired) electrons. The normalized spacial score (nSPS) is 11.9. The molecule has 1 atom stereocenters. The van der Waals surface area contributed by atoms with E-state index in [1.165, 1.54) is 11.1 Å². The topological polar surface area (TPSA) is 22.0 Å². The summed E-state index contributed by atoms with van der Waals surface area (Å²) in [7, 11) is 1.80. The summed E-state index contributed by atoms with van der Waals surface area (Å²) in [6.07, 6.45) is 5.58. The van der Waals surface area contributed by atoms with E-state index in [9.17, 15) is 4.79 Å². The zero-order valence-corrected chi connectivity index (χ0v) is 17.1. The molecule has 0 fully saturated rings. The largest absolute Gasteiger partial charge is 0.311 e. The van der Waals surface area contributed by atoms with Crippen LogP contribution in [0.5, 0.6) is 0 Å². The van der Waals surface area contributed by atoms with Gasteiger partial charge in [-0.15, -0.1) is 6.42 Å². The van der Waals surface area contributed by atoms with E-state index in [4.69, 9.17) is 18.0 Å². The van der Waals surface area contributed by atoms with Crippen LogP contribution in [0.4, 0.5) is 0 Å². The maximum atomic E-state index is 12.6. The highest BCUT2D eigenvalue weighted by atomic mass is 35.5. The Labute approximate surface area is 175 Å². The predicted octanol–water partition coefficient (Wildman–Crippen LogP) is 5.99. The average Bonchev–Trinajstić information content (AvgIpc) is 2.76. The Morgan fingerprint density at radius 1 is 0.966 bits per heavy atom. The van der Waals surface area contributed by atoms with Gasteiger partial charge < -0.3 is 4.57 Å². The zero-order chi connectivity index (χ0) is 20.5. The molecule has 3 heteroatoms. The van der Waals surface area contributed by atoms with Crippen molar-refractivity contribution in [3.05, 3.63) is 105 Å². The zero-order valence-electron chi connectivity index (χ0n) is 16.3. The monoisotopic (exact) mass is 397 g/mol. The molecule has 0 aliphatic heterocycles. The van der Waals surface area contributed by atoms with E-state index in [1.54, 1.807) is 17.7 Å². The van der Waals surface area contributed by atoms with Crippen molar-refractivity contribution in [1.82, 2.24) is 4.57 Å². The van der Waals surface area contributed by atoms with Gasteiger partial charge in [0.05, 0.1) is 5.52 Å². The van der Waals surface area contributed by atoms with Crippen molar-refractivity contribution >= 4 is 22.5 Å². The molecule has 29 heavy (non-hydrogen) atoms. The fourth-order valence-electron chi connectivity index (χ4n) is 3.71. The van der Waals surface area contributed by atoms with Crippen LogP contribution in [-0.2, 0) is 7.05 Å². The van der Waals surface area contributed by atoms with Crippen LogP contribution in [0.2, 0.25) is 5.02 Å². The summed E-state index contributed by atoms with van der Waals surface area (Å²) in [5.41, 5.74) is 5.84. The van der Waals surface area contributed by atoms with E-state index in [2.05, 4.69) is 37.1 Å². The van der Waals surface area contributed by atoms with Gasteiger partial charge in [0.15, 0.2) is 0 Å². The highest BCUT2D eigenvalue weighted by Crippen LogP contribution is 2.32. The van der Waals surface area contributed by atoms with Crippen LogP contribution in [0.15, 0.2) is 77.6 Å². The van der Waals surface area contributed by atoms with E-state index in [0.29, 0.717) is 0 Å². The van der Waals surface area contributed by atoms with Gasteiger partial charge in [0.1, 0.15) is 0 Å². The molecule has 4 aromatic rings. The number of benzene rings is 3. The minimum atomic E-state index is -0.0443. The van der Waals surface area contributed by atoms with Crippen molar-refractivity contribution in [1.29, 1.82) is 0 Å². The molecule has 1 aromatic heterocycles. The number of terminal acetylenes is 1. The molecule has 4 rings (SSSR count). The molecule has 0 saturated heterocycles. The Balaban J connectivity index is 1.93. The fourth-order valence-corrected chi connectivity index (χ4v) is 3.83. The summed E-state index contributed by atoms with van der Waals surface area (Å²) in [4.78, 5) is 12.6. The first-order valence-corrected chi connectivity index (χ1v) is 9.82. The molecule has 142 valence electrons. The molecule has 2 nitrogen and oxygen atoms in total. The molecular weight excluding hydrogens is 378 g/mol. The molecule has 0 bridgehead atoms. The minimum absolute atomic E-state index is 0.0443. The van der Waals surface area contributed by atoms with Crippen molar-refractivity contribution in [3.63, 3.8) is 0 Å². The first-order chi connectivity index (χ1) is 14.0. The van der Waals surface area contributed by atoms with E-state index < -0.39 is 0 Å². The number of rotatable bonds is 3. The Bertz CT molecular complexity index is 1310. The van der Waals surface area contributed by atoms with E-state index in [-0.39, 0.29) is 11.5 Å². The quantitative estimate of drug-likeness (QED) is 0.389. The summed E-state index contributed by atoms with van der Waals surface area (Å²) < 4.78 is 1.68. The number of hydrogen-bond acceptors (Lipinski definition) is 1. The average molecular weight is 398 g/mol. The van der Waals surface area contributed by atoms with Gasteiger partial charge >= 0.3 is 0 Å². The van der Waals surface area contributed by atoms with E-state index >= 15 is 0 Å². The molecule has 0 aliphatic rings. The number of hydrogen-bond donors (Lipinski definition) is 0. The third-order valence-electron chi connectivity index (χ3n) is 5.48. The van der Waals surface area contributed by atoms with Gasteiger partial charge in [-0.05, 0) is 58.7 Å². The van der Waals surface area contributed by atoms with E-state index in [1.807, 2.05) is 42.5 Å². The van der Waals surface area contributed by atoms with Gasteiger partial charge in [0.2, 0.25) is 0 Å². The molecule has 0 amide bonds. The van der Waals surface area contributed by atoms with Gasteiger partial charge in [-0.2, -0.15) is 0 Å². The van der Waals surface area contributed by atoms with E-state index in [0.717, 1.165) is 32.6 Å². The maximum Gasteiger partial charge on any atom is 0.251 e. The van der Waals surface area contributed by atoms with Gasteiger partial charge in [-0.25, -0.2) is 0 Å². The van der Waals surface area contributed by atoms with Crippen LogP contribution in [0.25, 0.3) is 22.0 Å². The molecular formula is C26H20ClNO. The fraction of sp³-hybridized carbons (Fsp3) is 0.115. The lowest BCUT2D eigenvalue weighted by Crippen LogP contribution is -2.16. The molecule has 3 aromatic carbocycles. The molecule has 1 unspecified atom stereocenters. The van der Waals surface area contributed by atoms with Crippen molar-refractivity contribution in [2.45, 2.75) is 12.8 Å². The Hall–Kier alpha value is -3.28. The molecule has 0 N–H and O–H groups in total. The summed E-state index contributed by atoms with van der Waals surface area (Å²) in [6, 6.07) is 23.6. The number of pyridine rings is 1. The van der Waals surface area contributed by atoms with Crippen LogP contribution in [-0.4, -0.2) is 4.57 Å². The lowest BCUT2D eigenvalue weighted by molar-refractivity contribution is 0.899. The Morgan fingerprint density at radius 3 is 2.41 bits per heavy atom. The Kier molecular flexibility index (Phi) is 5.01. The highest BCUT2D eigenvalue weighted by Gasteiger charge is 2.14. The number of aryl methyl sites for hydroxylation is 1. The lowest BCUT2D eigenvalue weighted by atomic mass is 9.90. The minimum Gasteiger partial charge on any atom is -0.311 e. The van der Waals surface area contributed by atoms with Gasteiger partial charge in [0.25, 0.3) is 5.56 Å². The maximum absolute atomic E-state index is 12.6. The van der Waals surface area contributed by atoms with Gasteiger partial charge in [-0.3, -0.25) is 4.79 Å². The molecule has 0 aliphatic carbocycles. The molecule has 1 heterocycles. The van der Waals surface area contributed by atoms with Crippen molar-refractivity contribution in [2.75, 3.05) is 0 Å². The first kappa shape index (κ1) is 19.1. The second-order valence-corrected chi connectivity index (χ2v) is 7.67. The third-order valence-corrected chi connectivity index (χ3v) is 5.73. The highest BCUT2D eigenvalue weighted by molar-refractivity contribution is 6.30. The van der Waals surface area contributed by atoms with Gasteiger partial charge in [0, 0.05) is 35.0 Å². The summed E-state index contributed by atoms with van der Waals surface area (Å²) in [6.45, 7) is 2.17. The summed E-state index contributed by atoms with van der Waals surface area (Å²) >= 11 is 6.04. The summed E-state index contributed by atoms with van der Waals surface area (Å²) in [5.74, 6) is 2.87. The van der Waals surface area contributed by atoms with Crippen LogP contribution in [0, 0.1) is 12.3 Å². The number of fused-ring (bicyclic) bond motifs is 1. The standard InChI is InChI=1S/C26H20ClNO/c1-4-18-6-5-7-21(14-18)23-16-26(29)28(3)25-13-10-20(15-24(23)25)17(2)19-8-11-22(27)12-9-19/h1,5-17H,2-3H3. The lowest BCUT2D eigenvalue weighted by Gasteiger charge is -2.16. The van der Waals surface area contributed by atoms with Crippen LogP contribution >= 0.6 is 11.6 Å². The Morgan fingerprint density at radius 2 is 1.69 bits per heavy atom. The second kappa shape index (κ2) is 7.62. The first-order valence-electron chi connectivity index (χ1n) is 9.44. The van der Waals surface area contributed by atoms with Crippen molar-refractivity contribution < 1.29 is 0 Å². The predicted molar refractivity (Wildman–Crippen MR) is 122 cm³/mol. The molecule has 0 saturated carbocycles. The third kappa shape index (κ3) is 3.58. The summed E-state index contributed by atoms with van der Waals surface area (Å²) in [5, 5.41) is 1.75. The molecule has 0 spiro atoms. The van der Waals surface area contributed by atoms with Crippen LogP contribution < -0.4 is 5.56 Å². The SMILES string of the molecule is C#Cc1cccc(-c2cc(=O)n(C)c3ccc(C(C)c4ccc(Cl)cc4)cc23)c1. The van der Waals surface area contributed by atoms with Crippen molar-refractivity contribution in [2.24, 2.45) is 7.05 Å². The second-order valence-electron chi connectivity index (χ2n) is 7.23.